The summed E-state index contributed by atoms with van der Waals surface area (Å²) in [7, 11) is 0. The van der Waals surface area contributed by atoms with E-state index < -0.39 is 0 Å². The summed E-state index contributed by atoms with van der Waals surface area (Å²) in [5.41, 5.74) is 3.54. The molecule has 3 rings (SSSR count). The molecule has 0 saturated carbocycles. The predicted molar refractivity (Wildman–Crippen MR) is 93.2 cm³/mol. The predicted octanol–water partition coefficient (Wildman–Crippen LogP) is 3.53. The van der Waals surface area contributed by atoms with Gasteiger partial charge in [-0.25, -0.2) is 4.98 Å². The fraction of sp³-hybridized carbons (Fsp3) is 0.500. The number of nitrogens with one attached hydrogen (secondary N) is 1. The van der Waals surface area contributed by atoms with Crippen LogP contribution < -0.4 is 10.1 Å². The molecule has 0 amide bonds. The highest BCUT2D eigenvalue weighted by Crippen LogP contribution is 2.24. The third kappa shape index (κ3) is 4.31. The van der Waals surface area contributed by atoms with Gasteiger partial charge in [0.05, 0.1) is 23.9 Å². The van der Waals surface area contributed by atoms with Gasteiger partial charge in [-0.2, -0.15) is 0 Å². The van der Waals surface area contributed by atoms with Crippen molar-refractivity contribution in [3.8, 4) is 5.75 Å². The lowest BCUT2D eigenvalue weighted by molar-refractivity contribution is 0.140. The molecule has 23 heavy (non-hydrogen) atoms. The third-order valence-corrected chi connectivity index (χ3v) is 5.08. The highest BCUT2D eigenvalue weighted by molar-refractivity contribution is 7.11. The molecule has 1 N–H and O–H groups in total. The Labute approximate surface area is 141 Å². The number of nitrogens with zero attached hydrogens (tertiary/aromatic N) is 1. The lowest BCUT2D eigenvalue weighted by Crippen LogP contribution is -2.19. The third-order valence-electron chi connectivity index (χ3n) is 4.00. The minimum atomic E-state index is 0.182. The molecule has 0 spiro atoms. The van der Waals surface area contributed by atoms with Crippen molar-refractivity contribution < 1.29 is 9.47 Å². The van der Waals surface area contributed by atoms with Crippen LogP contribution in [0, 0.1) is 20.8 Å². The molecule has 1 fully saturated rings. The second kappa shape index (κ2) is 7.43. The van der Waals surface area contributed by atoms with Crippen molar-refractivity contribution in [2.24, 2.45) is 0 Å². The summed E-state index contributed by atoms with van der Waals surface area (Å²) in [6.45, 7) is 9.35. The van der Waals surface area contributed by atoms with E-state index in [-0.39, 0.29) is 6.10 Å². The van der Waals surface area contributed by atoms with Gasteiger partial charge in [0.25, 0.3) is 0 Å². The average molecular weight is 332 g/mol. The Morgan fingerprint density at radius 1 is 1.30 bits per heavy atom. The van der Waals surface area contributed by atoms with Gasteiger partial charge >= 0.3 is 0 Å². The summed E-state index contributed by atoms with van der Waals surface area (Å²) in [6.07, 6.45) is 1.15. The van der Waals surface area contributed by atoms with Crippen molar-refractivity contribution in [2.75, 3.05) is 13.2 Å². The molecule has 4 nitrogen and oxygen atoms in total. The molecular weight excluding hydrogens is 308 g/mol. The minimum Gasteiger partial charge on any atom is -0.488 e. The number of hydrogen-bond donors (Lipinski definition) is 1. The van der Waals surface area contributed by atoms with Crippen LogP contribution in [0.1, 0.15) is 33.1 Å². The molecule has 0 radical (unpaired) electrons. The highest BCUT2D eigenvalue weighted by atomic mass is 32.1. The van der Waals surface area contributed by atoms with Gasteiger partial charge in [0.2, 0.25) is 0 Å². The van der Waals surface area contributed by atoms with Gasteiger partial charge in [0.15, 0.2) is 0 Å². The van der Waals surface area contributed by atoms with E-state index in [1.165, 1.54) is 16.0 Å². The van der Waals surface area contributed by atoms with Crippen molar-refractivity contribution in [3.05, 3.63) is 44.9 Å². The first-order chi connectivity index (χ1) is 11.1. The van der Waals surface area contributed by atoms with Crippen molar-refractivity contribution in [1.82, 2.24) is 10.3 Å². The van der Waals surface area contributed by atoms with Crippen molar-refractivity contribution >= 4 is 11.3 Å². The standard InChI is InChI=1S/C18H24N2O2S/c1-12-4-5-15(17(8-12)22-16-6-7-21-11-16)9-19-10-18-13(2)20-14(3)23-18/h4-5,8,16,19H,6-7,9-11H2,1-3H3/t16-/m1/s1. The quantitative estimate of drug-likeness (QED) is 0.879. The maximum Gasteiger partial charge on any atom is 0.124 e. The SMILES string of the molecule is Cc1ccc(CNCc2sc(C)nc2C)c(O[C@@H]2CCOC2)c1. The first-order valence-electron chi connectivity index (χ1n) is 8.09. The van der Waals surface area contributed by atoms with Gasteiger partial charge < -0.3 is 14.8 Å². The molecule has 0 unspecified atom stereocenters. The lowest BCUT2D eigenvalue weighted by atomic mass is 10.1. The van der Waals surface area contributed by atoms with Gasteiger partial charge in [-0.3, -0.25) is 0 Å². The summed E-state index contributed by atoms with van der Waals surface area (Å²) in [5.74, 6) is 0.977. The van der Waals surface area contributed by atoms with E-state index >= 15 is 0 Å². The van der Waals surface area contributed by atoms with Crippen LogP contribution in [0.25, 0.3) is 0 Å². The van der Waals surface area contributed by atoms with E-state index in [4.69, 9.17) is 9.47 Å². The van der Waals surface area contributed by atoms with Crippen LogP contribution in [0.4, 0.5) is 0 Å². The number of rotatable bonds is 6. The van der Waals surface area contributed by atoms with E-state index in [9.17, 15) is 0 Å². The fourth-order valence-electron chi connectivity index (χ4n) is 2.75. The minimum absolute atomic E-state index is 0.182. The Kier molecular flexibility index (Phi) is 5.30. The lowest BCUT2D eigenvalue weighted by Gasteiger charge is -2.16. The maximum atomic E-state index is 6.14. The van der Waals surface area contributed by atoms with E-state index in [1.807, 2.05) is 0 Å². The molecule has 5 heteroatoms. The molecule has 1 aromatic carbocycles. The van der Waals surface area contributed by atoms with Gasteiger partial charge in [-0.15, -0.1) is 11.3 Å². The number of ether oxygens (including phenoxy) is 2. The number of aryl methyl sites for hydroxylation is 3. The number of benzene rings is 1. The zero-order valence-corrected chi connectivity index (χ0v) is 14.8. The maximum absolute atomic E-state index is 6.14. The monoisotopic (exact) mass is 332 g/mol. The topological polar surface area (TPSA) is 43.4 Å². The summed E-state index contributed by atoms with van der Waals surface area (Å²) in [4.78, 5) is 5.78. The summed E-state index contributed by atoms with van der Waals surface area (Å²) >= 11 is 1.76. The van der Waals surface area contributed by atoms with Crippen LogP contribution in [0.5, 0.6) is 5.75 Å². The van der Waals surface area contributed by atoms with E-state index in [1.54, 1.807) is 11.3 Å². The van der Waals surface area contributed by atoms with Crippen LogP contribution >= 0.6 is 11.3 Å². The largest absolute Gasteiger partial charge is 0.488 e. The van der Waals surface area contributed by atoms with E-state index in [0.717, 1.165) is 42.6 Å². The Hall–Kier alpha value is -1.43. The molecule has 1 aromatic heterocycles. The average Bonchev–Trinajstić information content (AvgIpc) is 3.11. The van der Waals surface area contributed by atoms with Crippen LogP contribution in [0.15, 0.2) is 18.2 Å². The number of hydrogen-bond acceptors (Lipinski definition) is 5. The fourth-order valence-corrected chi connectivity index (χ4v) is 3.66. The van der Waals surface area contributed by atoms with E-state index in [2.05, 4.69) is 49.3 Å². The molecule has 1 aliphatic heterocycles. The first-order valence-corrected chi connectivity index (χ1v) is 8.91. The molecule has 2 heterocycles. The molecule has 1 atom stereocenters. The smallest absolute Gasteiger partial charge is 0.124 e. The van der Waals surface area contributed by atoms with Gasteiger partial charge in [-0.05, 0) is 32.4 Å². The van der Waals surface area contributed by atoms with Gasteiger partial charge in [0.1, 0.15) is 11.9 Å². The molecule has 0 bridgehead atoms. The zero-order valence-electron chi connectivity index (χ0n) is 14.0. The Balaban J connectivity index is 1.63. The van der Waals surface area contributed by atoms with E-state index in [0.29, 0.717) is 6.61 Å². The number of aromatic nitrogens is 1. The highest BCUT2D eigenvalue weighted by Gasteiger charge is 2.18. The molecular formula is C18H24N2O2S. The summed E-state index contributed by atoms with van der Waals surface area (Å²) in [6, 6.07) is 6.41. The second-order valence-electron chi connectivity index (χ2n) is 6.06. The Bertz CT molecular complexity index is 663. The normalized spacial score (nSPS) is 17.6. The Morgan fingerprint density at radius 3 is 2.87 bits per heavy atom. The van der Waals surface area contributed by atoms with Crippen LogP contribution in [0.2, 0.25) is 0 Å². The Morgan fingerprint density at radius 2 is 2.17 bits per heavy atom. The molecule has 124 valence electrons. The molecule has 2 aromatic rings. The van der Waals surface area contributed by atoms with Crippen LogP contribution in [-0.4, -0.2) is 24.3 Å². The van der Waals surface area contributed by atoms with Crippen LogP contribution in [-0.2, 0) is 17.8 Å². The summed E-state index contributed by atoms with van der Waals surface area (Å²) < 4.78 is 11.6. The van der Waals surface area contributed by atoms with Gasteiger partial charge in [-0.1, -0.05) is 12.1 Å². The molecule has 1 saturated heterocycles. The van der Waals surface area contributed by atoms with Crippen molar-refractivity contribution in [3.63, 3.8) is 0 Å². The molecule has 1 aliphatic rings. The second-order valence-corrected chi connectivity index (χ2v) is 7.35. The zero-order chi connectivity index (χ0) is 16.2. The summed E-state index contributed by atoms with van der Waals surface area (Å²) in [5, 5.41) is 4.64. The van der Waals surface area contributed by atoms with Gasteiger partial charge in [0, 0.05) is 30.0 Å². The van der Waals surface area contributed by atoms with Crippen molar-refractivity contribution in [2.45, 2.75) is 46.4 Å². The first kappa shape index (κ1) is 16.4. The van der Waals surface area contributed by atoms with Crippen LogP contribution in [0.3, 0.4) is 0 Å². The molecule has 0 aliphatic carbocycles. The number of thiazole rings is 1. The van der Waals surface area contributed by atoms with Crippen molar-refractivity contribution in [1.29, 1.82) is 0 Å².